The van der Waals surface area contributed by atoms with Crippen LogP contribution in [0.1, 0.15) is 62.8 Å². The van der Waals surface area contributed by atoms with E-state index in [4.69, 9.17) is 9.47 Å². The Labute approximate surface area is 154 Å². The molecule has 2 aromatic carbocycles. The van der Waals surface area contributed by atoms with Crippen LogP contribution in [0.2, 0.25) is 0 Å². The number of aryl methyl sites for hydroxylation is 4. The molecule has 0 spiro atoms. The molecule has 2 fully saturated rings. The largest absolute Gasteiger partial charge is 0.366 e. The van der Waals surface area contributed by atoms with Crippen LogP contribution in [0.15, 0.2) is 30.3 Å². The van der Waals surface area contributed by atoms with Crippen molar-refractivity contribution in [3.05, 3.63) is 74.8 Å². The molecule has 3 aliphatic heterocycles. The average Bonchev–Trinajstić information content (AvgIpc) is 3.29. The Balaban J connectivity index is 1.50. The first-order chi connectivity index (χ1) is 12.6. The maximum absolute atomic E-state index is 6.76. The summed E-state index contributed by atoms with van der Waals surface area (Å²) in [5.41, 5.74) is 11.0. The van der Waals surface area contributed by atoms with Gasteiger partial charge in [-0.25, -0.2) is 0 Å². The van der Waals surface area contributed by atoms with Crippen molar-refractivity contribution < 1.29 is 9.47 Å². The first-order valence-corrected chi connectivity index (χ1v) is 9.75. The van der Waals surface area contributed by atoms with Crippen LogP contribution in [-0.4, -0.2) is 6.10 Å². The summed E-state index contributed by atoms with van der Waals surface area (Å²) in [4.78, 5) is 0. The van der Waals surface area contributed by atoms with Crippen LogP contribution in [0.4, 0.5) is 0 Å². The smallest absolute Gasteiger partial charge is 0.111 e. The monoisotopic (exact) mass is 344 g/mol. The minimum atomic E-state index is 0.104. The van der Waals surface area contributed by atoms with Gasteiger partial charge < -0.3 is 9.47 Å². The normalized spacial score (nSPS) is 35.2. The fourth-order valence-corrected chi connectivity index (χ4v) is 6.00. The van der Waals surface area contributed by atoms with E-state index in [9.17, 15) is 0 Å². The van der Waals surface area contributed by atoms with Gasteiger partial charge in [0.1, 0.15) is 6.10 Å². The van der Waals surface area contributed by atoms with E-state index in [2.05, 4.69) is 64.1 Å². The van der Waals surface area contributed by atoms with Gasteiger partial charge in [0.2, 0.25) is 0 Å². The van der Waals surface area contributed by atoms with Crippen LogP contribution in [0.3, 0.4) is 0 Å². The Morgan fingerprint density at radius 1 is 0.654 bits per heavy atom. The van der Waals surface area contributed by atoms with Gasteiger partial charge in [-0.1, -0.05) is 36.4 Å². The molecule has 0 aromatic heterocycles. The van der Waals surface area contributed by atoms with E-state index in [-0.39, 0.29) is 24.4 Å². The van der Waals surface area contributed by atoms with Crippen LogP contribution in [0.25, 0.3) is 6.08 Å². The lowest BCUT2D eigenvalue weighted by molar-refractivity contribution is -0.0399. The van der Waals surface area contributed by atoms with Gasteiger partial charge in [-0.15, -0.1) is 0 Å². The number of rotatable bonds is 0. The first-order valence-electron chi connectivity index (χ1n) is 9.75. The highest BCUT2D eigenvalue weighted by Crippen LogP contribution is 2.65. The Kier molecular flexibility index (Phi) is 2.85. The molecular formula is C24H24O2. The first kappa shape index (κ1) is 15.2. The molecule has 2 nitrogen and oxygen atoms in total. The number of hydrogen-bond acceptors (Lipinski definition) is 2. The quantitative estimate of drug-likeness (QED) is 0.633. The second-order valence-electron chi connectivity index (χ2n) is 8.57. The second-order valence-corrected chi connectivity index (χ2v) is 8.57. The summed E-state index contributed by atoms with van der Waals surface area (Å²) < 4.78 is 13.3. The van der Waals surface area contributed by atoms with Gasteiger partial charge in [-0.05, 0) is 72.2 Å². The molecule has 6 rings (SSSR count). The molecule has 0 radical (unpaired) electrons. The SMILES string of the molecule is Cc1ccc(C)c2c1C=C[C@@H]1[C@H]3[C@@H](O[C@H]21)[C@H]1O[C@@H]3c2c(C)ccc(C)c21. The second kappa shape index (κ2) is 4.88. The van der Waals surface area contributed by atoms with E-state index >= 15 is 0 Å². The van der Waals surface area contributed by atoms with Crippen molar-refractivity contribution >= 4 is 6.08 Å². The minimum absolute atomic E-state index is 0.104. The lowest BCUT2D eigenvalue weighted by Gasteiger charge is -2.30. The molecule has 132 valence electrons. The summed E-state index contributed by atoms with van der Waals surface area (Å²) in [5.74, 6) is 0.846. The van der Waals surface area contributed by atoms with Crippen LogP contribution >= 0.6 is 0 Å². The third kappa shape index (κ3) is 1.66. The molecular weight excluding hydrogens is 320 g/mol. The maximum Gasteiger partial charge on any atom is 0.111 e. The van der Waals surface area contributed by atoms with E-state index in [1.807, 2.05) is 0 Å². The van der Waals surface area contributed by atoms with Crippen molar-refractivity contribution in [3.8, 4) is 0 Å². The predicted molar refractivity (Wildman–Crippen MR) is 102 cm³/mol. The molecule has 2 saturated heterocycles. The summed E-state index contributed by atoms with van der Waals surface area (Å²) in [6, 6.07) is 8.96. The zero-order chi connectivity index (χ0) is 17.7. The molecule has 0 saturated carbocycles. The third-order valence-corrected chi connectivity index (χ3v) is 7.20. The van der Waals surface area contributed by atoms with Gasteiger partial charge in [0.25, 0.3) is 0 Å². The van der Waals surface area contributed by atoms with E-state index in [0.29, 0.717) is 11.8 Å². The van der Waals surface area contributed by atoms with Crippen molar-refractivity contribution in [1.82, 2.24) is 0 Å². The molecule has 0 amide bonds. The zero-order valence-corrected chi connectivity index (χ0v) is 15.7. The molecule has 2 heteroatoms. The number of ether oxygens (including phenoxy) is 2. The maximum atomic E-state index is 6.76. The summed E-state index contributed by atoms with van der Waals surface area (Å²) in [5, 5.41) is 0. The summed E-state index contributed by atoms with van der Waals surface area (Å²) in [6.45, 7) is 8.86. The minimum Gasteiger partial charge on any atom is -0.366 e. The molecule has 4 aliphatic rings. The highest BCUT2D eigenvalue weighted by atomic mass is 16.6. The van der Waals surface area contributed by atoms with Gasteiger partial charge in [-0.3, -0.25) is 0 Å². The van der Waals surface area contributed by atoms with E-state index in [1.54, 1.807) is 0 Å². The molecule has 26 heavy (non-hydrogen) atoms. The highest BCUT2D eigenvalue weighted by Gasteiger charge is 2.62. The van der Waals surface area contributed by atoms with Gasteiger partial charge >= 0.3 is 0 Å². The number of fused-ring (bicyclic) bond motifs is 12. The van der Waals surface area contributed by atoms with E-state index in [0.717, 1.165) is 0 Å². The number of hydrogen-bond donors (Lipinski definition) is 0. The Bertz CT molecular complexity index is 986. The summed E-state index contributed by atoms with van der Waals surface area (Å²) in [7, 11) is 0. The lowest BCUT2D eigenvalue weighted by Crippen LogP contribution is -2.27. The molecule has 6 atom stereocenters. The molecule has 0 unspecified atom stereocenters. The highest BCUT2D eigenvalue weighted by molar-refractivity contribution is 5.64. The van der Waals surface area contributed by atoms with E-state index in [1.165, 1.54) is 44.5 Å². The van der Waals surface area contributed by atoms with Crippen LogP contribution < -0.4 is 0 Å². The number of benzene rings is 2. The average molecular weight is 344 g/mol. The van der Waals surface area contributed by atoms with Crippen LogP contribution in [-0.2, 0) is 9.47 Å². The van der Waals surface area contributed by atoms with Gasteiger partial charge in [0.05, 0.1) is 18.3 Å². The van der Waals surface area contributed by atoms with Crippen LogP contribution in [0, 0.1) is 39.5 Å². The Morgan fingerprint density at radius 2 is 1.27 bits per heavy atom. The Morgan fingerprint density at radius 3 is 2.00 bits per heavy atom. The zero-order valence-electron chi connectivity index (χ0n) is 15.7. The molecule has 1 aliphatic carbocycles. The molecule has 2 aromatic rings. The Hall–Kier alpha value is -1.90. The predicted octanol–water partition coefficient (Wildman–Crippen LogP) is 5.45. The van der Waals surface area contributed by atoms with Gasteiger partial charge in [0, 0.05) is 11.8 Å². The van der Waals surface area contributed by atoms with E-state index < -0.39 is 0 Å². The fraction of sp³-hybridized carbons (Fsp3) is 0.417. The van der Waals surface area contributed by atoms with Crippen molar-refractivity contribution in [2.45, 2.75) is 52.1 Å². The van der Waals surface area contributed by atoms with Crippen molar-refractivity contribution in [1.29, 1.82) is 0 Å². The van der Waals surface area contributed by atoms with Crippen molar-refractivity contribution in [2.24, 2.45) is 11.8 Å². The summed E-state index contributed by atoms with van der Waals surface area (Å²) in [6.07, 6.45) is 5.38. The van der Waals surface area contributed by atoms with Gasteiger partial charge in [-0.2, -0.15) is 0 Å². The lowest BCUT2D eigenvalue weighted by atomic mass is 9.70. The van der Waals surface area contributed by atoms with Gasteiger partial charge in [0.15, 0.2) is 0 Å². The van der Waals surface area contributed by atoms with Crippen molar-refractivity contribution in [3.63, 3.8) is 0 Å². The summed E-state index contributed by atoms with van der Waals surface area (Å²) >= 11 is 0. The van der Waals surface area contributed by atoms with Crippen molar-refractivity contribution in [2.75, 3.05) is 0 Å². The molecule has 0 N–H and O–H groups in total. The topological polar surface area (TPSA) is 18.5 Å². The van der Waals surface area contributed by atoms with Crippen LogP contribution in [0.5, 0.6) is 0 Å². The molecule has 2 bridgehead atoms. The third-order valence-electron chi connectivity index (χ3n) is 7.20. The fourth-order valence-electron chi connectivity index (χ4n) is 6.00. The molecule has 3 heterocycles. The standard InChI is InChI=1S/C24H24O2/c1-11-5-6-12(2)17-15(11)9-10-16-20-22-18-13(3)7-8-14(4)19(18)23(26-22)24(20)25-21(16)17/h5-10,16,20-24H,1-4H3/t16-,20-,21+,22-,23+,24-/m1/s1.